The van der Waals surface area contributed by atoms with Gasteiger partial charge in [0.15, 0.2) is 11.5 Å². The Balaban J connectivity index is 1.44. The van der Waals surface area contributed by atoms with E-state index in [1.807, 2.05) is 61.5 Å². The van der Waals surface area contributed by atoms with Crippen LogP contribution in [0.25, 0.3) is 22.2 Å². The summed E-state index contributed by atoms with van der Waals surface area (Å²) in [5.74, 6) is 0.00245. The second-order valence-corrected chi connectivity index (χ2v) is 9.62. The van der Waals surface area contributed by atoms with Crippen molar-refractivity contribution in [1.29, 1.82) is 0 Å². The van der Waals surface area contributed by atoms with Crippen LogP contribution in [0.4, 0.5) is 5.82 Å². The van der Waals surface area contributed by atoms with Gasteiger partial charge in [0.2, 0.25) is 0 Å². The maximum absolute atomic E-state index is 14.2. The van der Waals surface area contributed by atoms with E-state index in [0.717, 1.165) is 17.0 Å². The Bertz CT molecular complexity index is 1910. The first-order valence-electron chi connectivity index (χ1n) is 12.9. The molecule has 0 aliphatic rings. The Kier molecular flexibility index (Phi) is 6.31. The van der Waals surface area contributed by atoms with E-state index in [2.05, 4.69) is 25.6 Å². The highest BCUT2D eigenvalue weighted by atomic mass is 16.2. The number of carbonyl (C=O) groups is 1. The van der Waals surface area contributed by atoms with Crippen molar-refractivity contribution in [2.75, 3.05) is 5.73 Å². The van der Waals surface area contributed by atoms with Gasteiger partial charge in [0.05, 0.1) is 22.6 Å². The van der Waals surface area contributed by atoms with Gasteiger partial charge in [0, 0.05) is 23.8 Å². The lowest BCUT2D eigenvalue weighted by Gasteiger charge is -2.20. The summed E-state index contributed by atoms with van der Waals surface area (Å²) >= 11 is 0. The van der Waals surface area contributed by atoms with Crippen LogP contribution in [-0.4, -0.2) is 40.3 Å². The van der Waals surface area contributed by atoms with Crippen LogP contribution < -0.4 is 16.6 Å². The van der Waals surface area contributed by atoms with E-state index in [-0.39, 0.29) is 16.9 Å². The number of anilines is 1. The minimum absolute atomic E-state index is 0.0697. The summed E-state index contributed by atoms with van der Waals surface area (Å²) in [7, 11) is 0. The van der Waals surface area contributed by atoms with Gasteiger partial charge in [-0.05, 0) is 62.6 Å². The molecule has 11 nitrogen and oxygen atoms in total. The Hall–Kier alpha value is -5.32. The third kappa shape index (κ3) is 4.37. The van der Waals surface area contributed by atoms with Crippen LogP contribution in [0.1, 0.15) is 46.1 Å². The van der Waals surface area contributed by atoms with E-state index >= 15 is 0 Å². The predicted octanol–water partition coefficient (Wildman–Crippen LogP) is 3.32. The number of para-hydroxylation sites is 1. The van der Waals surface area contributed by atoms with E-state index in [1.165, 1.54) is 4.52 Å². The standard InChI is InChI=1S/C29H27N9O2/c1-17-13-15-31-27-24(25(30)36-38(17)27)28(39)33-18(2)26-34-22-10-6-7-19(11-12-20-14-16-32-35-20)23(22)29(40)37(26)21-8-4-3-5-9-21/h3-10,13-16,18H,11-12H2,1-2H3,(H2,30,36)(H,32,35)(H,33,39). The second-order valence-electron chi connectivity index (χ2n) is 9.62. The average molecular weight is 534 g/mol. The Morgan fingerprint density at radius 1 is 1.05 bits per heavy atom. The summed E-state index contributed by atoms with van der Waals surface area (Å²) < 4.78 is 3.10. The zero-order valence-electron chi connectivity index (χ0n) is 22.0. The molecule has 200 valence electrons. The number of nitrogens with two attached hydrogens (primary N) is 1. The zero-order valence-corrected chi connectivity index (χ0v) is 22.0. The predicted molar refractivity (Wildman–Crippen MR) is 151 cm³/mol. The molecule has 6 aromatic rings. The van der Waals surface area contributed by atoms with Gasteiger partial charge in [-0.1, -0.05) is 30.3 Å². The number of nitrogens with zero attached hydrogens (tertiary/aromatic N) is 6. The van der Waals surface area contributed by atoms with Crippen molar-refractivity contribution in [3.63, 3.8) is 0 Å². The molecule has 0 saturated heterocycles. The van der Waals surface area contributed by atoms with Gasteiger partial charge in [0.25, 0.3) is 11.5 Å². The SMILES string of the molecule is Cc1ccnc2c(C(=O)NC(C)c3nc4cccc(CCc5ccn[nH]5)c4c(=O)n3-c3ccccc3)c(N)nn12. The number of fused-ring (bicyclic) bond motifs is 2. The number of hydrogen-bond acceptors (Lipinski definition) is 7. The Morgan fingerprint density at radius 3 is 2.65 bits per heavy atom. The minimum atomic E-state index is -0.655. The summed E-state index contributed by atoms with van der Waals surface area (Å²) in [6, 6.07) is 18.0. The van der Waals surface area contributed by atoms with Crippen LogP contribution in [0, 0.1) is 6.92 Å². The molecular weight excluding hydrogens is 506 g/mol. The average Bonchev–Trinajstić information content (AvgIpc) is 3.60. The van der Waals surface area contributed by atoms with E-state index in [4.69, 9.17) is 10.7 Å². The molecule has 0 bridgehead atoms. The summed E-state index contributed by atoms with van der Waals surface area (Å²) in [6.07, 6.45) is 4.65. The van der Waals surface area contributed by atoms with Gasteiger partial charge in [-0.3, -0.25) is 19.3 Å². The molecule has 0 radical (unpaired) electrons. The van der Waals surface area contributed by atoms with Crippen molar-refractivity contribution in [2.45, 2.75) is 32.7 Å². The third-order valence-corrected chi connectivity index (χ3v) is 6.94. The molecule has 11 heteroatoms. The first kappa shape index (κ1) is 25.0. The van der Waals surface area contributed by atoms with Crippen molar-refractivity contribution >= 4 is 28.3 Å². The van der Waals surface area contributed by atoms with Crippen molar-refractivity contribution in [2.24, 2.45) is 0 Å². The van der Waals surface area contributed by atoms with Crippen LogP contribution >= 0.6 is 0 Å². The van der Waals surface area contributed by atoms with Gasteiger partial charge in [-0.15, -0.1) is 5.10 Å². The molecule has 4 N–H and O–H groups in total. The van der Waals surface area contributed by atoms with Gasteiger partial charge < -0.3 is 11.1 Å². The van der Waals surface area contributed by atoms with E-state index in [9.17, 15) is 9.59 Å². The van der Waals surface area contributed by atoms with Crippen LogP contribution in [0.5, 0.6) is 0 Å². The molecule has 0 aliphatic heterocycles. The molecule has 0 saturated carbocycles. The van der Waals surface area contributed by atoms with Crippen molar-refractivity contribution in [1.82, 2.24) is 39.7 Å². The quantitative estimate of drug-likeness (QED) is 0.285. The number of amides is 1. The molecule has 6 rings (SSSR count). The van der Waals surface area contributed by atoms with Gasteiger partial charge in [0.1, 0.15) is 11.4 Å². The van der Waals surface area contributed by atoms with Crippen molar-refractivity contribution < 1.29 is 4.79 Å². The normalized spacial score (nSPS) is 12.2. The molecule has 0 aliphatic carbocycles. The number of aryl methyl sites for hydroxylation is 3. The van der Waals surface area contributed by atoms with Crippen LogP contribution in [0.15, 0.2) is 77.9 Å². The number of H-pyrrole nitrogens is 1. The van der Waals surface area contributed by atoms with E-state index in [0.29, 0.717) is 40.9 Å². The van der Waals surface area contributed by atoms with Crippen molar-refractivity contribution in [3.05, 3.63) is 112 Å². The minimum Gasteiger partial charge on any atom is -0.381 e. The first-order chi connectivity index (χ1) is 19.4. The fourth-order valence-corrected chi connectivity index (χ4v) is 4.96. The Morgan fingerprint density at radius 2 is 1.88 bits per heavy atom. The summed E-state index contributed by atoms with van der Waals surface area (Å²) in [5.41, 5.74) is 10.3. The third-order valence-electron chi connectivity index (χ3n) is 6.94. The summed E-state index contributed by atoms with van der Waals surface area (Å²) in [5, 5.41) is 14.8. The molecule has 1 amide bonds. The van der Waals surface area contributed by atoms with Crippen molar-refractivity contribution in [3.8, 4) is 5.69 Å². The maximum atomic E-state index is 14.2. The van der Waals surface area contributed by atoms with E-state index in [1.54, 1.807) is 30.0 Å². The number of aromatic nitrogens is 7. The number of nitrogen functional groups attached to an aromatic ring is 1. The highest BCUT2D eigenvalue weighted by Crippen LogP contribution is 2.23. The smallest absolute Gasteiger partial charge is 0.266 e. The maximum Gasteiger partial charge on any atom is 0.266 e. The number of aromatic amines is 1. The molecule has 0 spiro atoms. The topological polar surface area (TPSA) is 149 Å². The number of carbonyl (C=O) groups excluding carboxylic acids is 1. The highest BCUT2D eigenvalue weighted by molar-refractivity contribution is 6.04. The molecule has 1 unspecified atom stereocenters. The Labute approximate surface area is 228 Å². The fraction of sp³-hybridized carbons (Fsp3) is 0.172. The molecule has 2 aromatic carbocycles. The van der Waals surface area contributed by atoms with Gasteiger partial charge in [-0.25, -0.2) is 14.5 Å². The van der Waals surface area contributed by atoms with Crippen LogP contribution in [-0.2, 0) is 12.8 Å². The number of nitrogens with one attached hydrogen (secondary N) is 2. The molecular formula is C29H27N9O2. The van der Waals surface area contributed by atoms with Crippen LogP contribution in [0.2, 0.25) is 0 Å². The largest absolute Gasteiger partial charge is 0.381 e. The summed E-state index contributed by atoms with van der Waals surface area (Å²) in [4.78, 5) is 36.9. The van der Waals surface area contributed by atoms with E-state index < -0.39 is 11.9 Å². The monoisotopic (exact) mass is 533 g/mol. The van der Waals surface area contributed by atoms with Gasteiger partial charge >= 0.3 is 0 Å². The molecule has 4 heterocycles. The highest BCUT2D eigenvalue weighted by Gasteiger charge is 2.25. The van der Waals surface area contributed by atoms with Gasteiger partial charge in [-0.2, -0.15) is 5.10 Å². The molecule has 1 atom stereocenters. The molecule has 40 heavy (non-hydrogen) atoms. The molecule has 4 aromatic heterocycles. The lowest BCUT2D eigenvalue weighted by atomic mass is 10.0. The van der Waals surface area contributed by atoms with Crippen LogP contribution in [0.3, 0.4) is 0 Å². The number of rotatable bonds is 7. The lowest BCUT2D eigenvalue weighted by Crippen LogP contribution is -2.33. The second kappa shape index (κ2) is 10.1. The first-order valence-corrected chi connectivity index (χ1v) is 12.9. The lowest BCUT2D eigenvalue weighted by molar-refractivity contribution is 0.0940. The fourth-order valence-electron chi connectivity index (χ4n) is 4.96. The molecule has 0 fully saturated rings. The summed E-state index contributed by atoms with van der Waals surface area (Å²) in [6.45, 7) is 3.64. The number of hydrogen-bond donors (Lipinski definition) is 3. The number of benzene rings is 2. The zero-order chi connectivity index (χ0) is 27.8.